The smallest absolute Gasteiger partial charge is 0.251 e. The quantitative estimate of drug-likeness (QED) is 0.554. The van der Waals surface area contributed by atoms with E-state index in [1.165, 1.54) is 12.2 Å². The van der Waals surface area contributed by atoms with E-state index < -0.39 is 29.0 Å². The van der Waals surface area contributed by atoms with Crippen molar-refractivity contribution in [2.75, 3.05) is 5.32 Å². The molecule has 2 amide bonds. The molecule has 3 rings (SSSR count). The van der Waals surface area contributed by atoms with Crippen LogP contribution < -0.4 is 15.8 Å². The number of hydrogen-bond donors (Lipinski definition) is 2. The minimum absolute atomic E-state index is 0.346. The molecule has 30 heavy (non-hydrogen) atoms. The Morgan fingerprint density at radius 1 is 1.20 bits per heavy atom. The molecule has 3 aromatic rings. The number of aromatic nitrogens is 1. The zero-order valence-corrected chi connectivity index (χ0v) is 16.6. The molecule has 0 unspecified atom stereocenters. The number of amides is 2. The molecular formula is C21H17F2N3O3S. The van der Waals surface area contributed by atoms with Gasteiger partial charge in [-0.1, -0.05) is 12.1 Å². The molecule has 0 saturated carbocycles. The fraction of sp³-hybridized carbons (Fsp3) is 0.0952. The number of rotatable bonds is 7. The lowest BCUT2D eigenvalue weighted by Crippen LogP contribution is -2.16. The minimum atomic E-state index is -1.10. The van der Waals surface area contributed by atoms with E-state index in [2.05, 4.69) is 10.3 Å². The first-order valence-electron chi connectivity index (χ1n) is 8.73. The van der Waals surface area contributed by atoms with Crippen LogP contribution in [0.1, 0.15) is 26.6 Å². The molecule has 0 radical (unpaired) electrons. The maximum Gasteiger partial charge on any atom is 0.251 e. The molecule has 3 N–H and O–H groups in total. The van der Waals surface area contributed by atoms with Crippen molar-refractivity contribution in [3.63, 3.8) is 0 Å². The first kappa shape index (κ1) is 21.1. The zero-order chi connectivity index (χ0) is 21.7. The summed E-state index contributed by atoms with van der Waals surface area (Å²) in [5, 5.41) is 5.15. The maximum absolute atomic E-state index is 13.8. The van der Waals surface area contributed by atoms with Gasteiger partial charge in [-0.2, -0.15) is 0 Å². The van der Waals surface area contributed by atoms with Gasteiger partial charge in [0.15, 0.2) is 0 Å². The van der Waals surface area contributed by atoms with Gasteiger partial charge in [-0.15, -0.1) is 11.3 Å². The van der Waals surface area contributed by atoms with E-state index >= 15 is 0 Å². The van der Waals surface area contributed by atoms with Crippen LogP contribution in [0.2, 0.25) is 0 Å². The van der Waals surface area contributed by atoms with Gasteiger partial charge in [-0.05, 0) is 36.8 Å². The van der Waals surface area contributed by atoms with Crippen LogP contribution in [0.25, 0.3) is 6.08 Å². The van der Waals surface area contributed by atoms with Crippen LogP contribution in [-0.2, 0) is 11.4 Å². The number of halogens is 2. The lowest BCUT2D eigenvalue weighted by molar-refractivity contribution is -0.111. The highest BCUT2D eigenvalue weighted by molar-refractivity contribution is 7.09. The van der Waals surface area contributed by atoms with Gasteiger partial charge in [-0.25, -0.2) is 13.8 Å². The number of nitrogens with two attached hydrogens (primary N) is 1. The molecule has 154 valence electrons. The van der Waals surface area contributed by atoms with Gasteiger partial charge in [0.1, 0.15) is 24.0 Å². The van der Waals surface area contributed by atoms with Crippen LogP contribution >= 0.6 is 11.3 Å². The summed E-state index contributed by atoms with van der Waals surface area (Å²) < 4.78 is 33.0. The Bertz CT molecular complexity index is 1110. The summed E-state index contributed by atoms with van der Waals surface area (Å²) in [5.41, 5.74) is 5.72. The summed E-state index contributed by atoms with van der Waals surface area (Å²) in [7, 11) is 0. The molecule has 2 aromatic carbocycles. The monoisotopic (exact) mass is 429 g/mol. The fourth-order valence-electron chi connectivity index (χ4n) is 2.49. The van der Waals surface area contributed by atoms with Crippen LogP contribution in [0.5, 0.6) is 5.75 Å². The molecule has 0 bridgehead atoms. The summed E-state index contributed by atoms with van der Waals surface area (Å²) in [5.74, 6) is -3.19. The molecule has 0 spiro atoms. The van der Waals surface area contributed by atoms with Crippen LogP contribution in [-0.4, -0.2) is 16.8 Å². The fourth-order valence-corrected chi connectivity index (χ4v) is 3.08. The number of primary amides is 1. The minimum Gasteiger partial charge on any atom is -0.487 e. The Morgan fingerprint density at radius 3 is 2.57 bits per heavy atom. The highest BCUT2D eigenvalue weighted by atomic mass is 32.1. The van der Waals surface area contributed by atoms with E-state index in [4.69, 9.17) is 10.5 Å². The Hall–Kier alpha value is -3.59. The highest BCUT2D eigenvalue weighted by Crippen LogP contribution is 2.20. The largest absolute Gasteiger partial charge is 0.487 e. The number of carbonyl (C=O) groups excluding carboxylic acids is 2. The van der Waals surface area contributed by atoms with Gasteiger partial charge < -0.3 is 15.8 Å². The molecule has 0 aliphatic carbocycles. The second kappa shape index (κ2) is 9.27. The van der Waals surface area contributed by atoms with Gasteiger partial charge in [0.05, 0.1) is 22.0 Å². The summed E-state index contributed by atoms with van der Waals surface area (Å²) in [6.45, 7) is 2.28. The van der Waals surface area contributed by atoms with Crippen molar-refractivity contribution in [2.45, 2.75) is 13.5 Å². The third-order valence-electron chi connectivity index (χ3n) is 3.94. The Kier molecular flexibility index (Phi) is 6.53. The molecule has 0 aliphatic heterocycles. The molecule has 9 heteroatoms. The lowest BCUT2D eigenvalue weighted by atomic mass is 10.1. The van der Waals surface area contributed by atoms with Crippen molar-refractivity contribution in [1.82, 2.24) is 4.98 Å². The topological polar surface area (TPSA) is 94.3 Å². The number of carbonyl (C=O) groups is 2. The van der Waals surface area contributed by atoms with E-state index in [1.54, 1.807) is 35.6 Å². The van der Waals surface area contributed by atoms with Crippen molar-refractivity contribution in [1.29, 1.82) is 0 Å². The average Bonchev–Trinajstić information content (AvgIpc) is 3.12. The van der Waals surface area contributed by atoms with E-state index in [0.29, 0.717) is 24.0 Å². The Balaban J connectivity index is 1.59. The van der Waals surface area contributed by atoms with E-state index in [0.717, 1.165) is 16.8 Å². The summed E-state index contributed by atoms with van der Waals surface area (Å²) in [4.78, 5) is 27.5. The van der Waals surface area contributed by atoms with Crippen molar-refractivity contribution in [3.8, 4) is 5.75 Å². The van der Waals surface area contributed by atoms with Gasteiger partial charge >= 0.3 is 0 Å². The first-order valence-corrected chi connectivity index (χ1v) is 9.61. The predicted molar refractivity (Wildman–Crippen MR) is 110 cm³/mol. The van der Waals surface area contributed by atoms with Crippen LogP contribution in [0.3, 0.4) is 0 Å². The van der Waals surface area contributed by atoms with Crippen molar-refractivity contribution >= 4 is 34.9 Å². The average molecular weight is 429 g/mol. The third kappa shape index (κ3) is 5.48. The standard InChI is InChI=1S/C21H17F2N3O3S/c1-12-25-14(11-30-12)10-29-15-5-2-13(3-6-15)4-7-20(27)26-19-8-16(21(24)28)17(22)9-18(19)23/h2-9,11H,10H2,1H3,(H2,24,28)(H,26,27)/b7-4+. The van der Waals surface area contributed by atoms with Crippen LogP contribution in [0.4, 0.5) is 14.5 Å². The van der Waals surface area contributed by atoms with Gasteiger partial charge in [0, 0.05) is 17.5 Å². The molecular weight excluding hydrogens is 412 g/mol. The SMILES string of the molecule is Cc1nc(COc2ccc(/C=C/C(=O)Nc3cc(C(N)=O)c(F)cc3F)cc2)cs1. The normalized spacial score (nSPS) is 10.9. The van der Waals surface area contributed by atoms with Crippen molar-refractivity contribution < 1.29 is 23.1 Å². The summed E-state index contributed by atoms with van der Waals surface area (Å²) in [6, 6.07) is 8.33. The number of thiazole rings is 1. The first-order chi connectivity index (χ1) is 14.3. The number of nitrogens with zero attached hydrogens (tertiary/aromatic N) is 1. The molecule has 0 aliphatic rings. The van der Waals surface area contributed by atoms with Crippen LogP contribution in [0, 0.1) is 18.6 Å². The number of aryl methyl sites for hydroxylation is 1. The molecule has 0 atom stereocenters. The van der Waals surface area contributed by atoms with E-state index in [1.807, 2.05) is 12.3 Å². The third-order valence-corrected chi connectivity index (χ3v) is 4.76. The number of nitrogens with one attached hydrogen (secondary N) is 1. The maximum atomic E-state index is 13.8. The summed E-state index contributed by atoms with van der Waals surface area (Å²) >= 11 is 1.55. The van der Waals surface area contributed by atoms with Gasteiger partial charge in [0.2, 0.25) is 5.91 Å². The molecule has 0 saturated heterocycles. The van der Waals surface area contributed by atoms with Crippen molar-refractivity contribution in [2.24, 2.45) is 5.73 Å². The number of benzene rings is 2. The number of hydrogen-bond acceptors (Lipinski definition) is 5. The molecule has 1 aromatic heterocycles. The van der Waals surface area contributed by atoms with E-state index in [-0.39, 0.29) is 5.69 Å². The molecule has 1 heterocycles. The number of anilines is 1. The van der Waals surface area contributed by atoms with Gasteiger partial charge in [0.25, 0.3) is 5.91 Å². The van der Waals surface area contributed by atoms with Crippen LogP contribution in [0.15, 0.2) is 47.9 Å². The van der Waals surface area contributed by atoms with Gasteiger partial charge in [-0.3, -0.25) is 9.59 Å². The lowest BCUT2D eigenvalue weighted by Gasteiger charge is -2.07. The second-order valence-corrected chi connectivity index (χ2v) is 7.28. The molecule has 6 nitrogen and oxygen atoms in total. The highest BCUT2D eigenvalue weighted by Gasteiger charge is 2.14. The Morgan fingerprint density at radius 2 is 1.93 bits per heavy atom. The molecule has 0 fully saturated rings. The van der Waals surface area contributed by atoms with E-state index in [9.17, 15) is 18.4 Å². The summed E-state index contributed by atoms with van der Waals surface area (Å²) in [6.07, 6.45) is 2.69. The number of ether oxygens (including phenoxy) is 1. The second-order valence-electron chi connectivity index (χ2n) is 6.21. The Labute approximate surface area is 175 Å². The zero-order valence-electron chi connectivity index (χ0n) is 15.8. The predicted octanol–water partition coefficient (Wildman–Crippen LogP) is 4.06. The van der Waals surface area contributed by atoms with Crippen molar-refractivity contribution in [3.05, 3.63) is 81.3 Å².